The zero-order chi connectivity index (χ0) is 39.6. The molecular weight excluding hydrogens is 703 g/mol. The average Bonchev–Trinajstić information content (AvgIpc) is 3.30. The Labute approximate surface area is 335 Å². The van der Waals surface area contributed by atoms with Crippen LogP contribution in [-0.4, -0.2) is 5.66 Å². The fourth-order valence-corrected chi connectivity index (χ4v) is 14.1. The van der Waals surface area contributed by atoms with Crippen LogP contribution < -0.4 is 26.5 Å². The lowest BCUT2D eigenvalue weighted by Crippen LogP contribution is -2.35. The monoisotopic (exact) mass is 766 g/mol. The van der Waals surface area contributed by atoms with Gasteiger partial charge in [-0.2, -0.15) is 0 Å². The Balaban J connectivity index is 0.000000792. The minimum absolute atomic E-state index is 0.000764. The van der Waals surface area contributed by atoms with Crippen molar-refractivity contribution >= 4 is 41.6 Å². The molecule has 0 radical (unpaired) electrons. The minimum Gasteiger partial charge on any atom is -0.313 e. The molecule has 0 amide bonds. The van der Waals surface area contributed by atoms with Gasteiger partial charge in [-0.05, 0) is 90.2 Å². The zero-order valence-corrected chi connectivity index (χ0v) is 36.5. The van der Waals surface area contributed by atoms with Gasteiger partial charge < -0.3 is 4.57 Å². The predicted octanol–water partition coefficient (Wildman–Crippen LogP) is 12.9. The van der Waals surface area contributed by atoms with Gasteiger partial charge in [0.25, 0.3) is 0 Å². The van der Waals surface area contributed by atoms with E-state index < -0.39 is 15.1 Å². The zero-order valence-electron chi connectivity index (χ0n) is 34.7. The van der Waals surface area contributed by atoms with Gasteiger partial charge in [0.05, 0.1) is 0 Å². The maximum absolute atomic E-state index is 15.9. The van der Waals surface area contributed by atoms with Crippen molar-refractivity contribution in [1.29, 1.82) is 0 Å². The lowest BCUT2D eigenvalue weighted by atomic mass is 9.74. The van der Waals surface area contributed by atoms with Gasteiger partial charge in [-0.3, -0.25) is 0 Å². The van der Waals surface area contributed by atoms with E-state index in [0.717, 1.165) is 36.3 Å². The highest BCUT2D eigenvalue weighted by atomic mass is 31.2. The van der Waals surface area contributed by atoms with Gasteiger partial charge in [-0.25, -0.2) is 0 Å². The molecule has 0 aliphatic heterocycles. The van der Waals surface area contributed by atoms with E-state index in [1.165, 1.54) is 51.0 Å². The van der Waals surface area contributed by atoms with Crippen molar-refractivity contribution in [2.24, 2.45) is 0 Å². The van der Waals surface area contributed by atoms with Crippen LogP contribution >= 0.6 is 15.1 Å². The van der Waals surface area contributed by atoms with E-state index in [-0.39, 0.29) is 11.6 Å². The SMILES string of the molecule is CC.CC.CC.CC.O=P(c1ccccc1)(c1ccccc1)[C@@H]1Cc2ccccc2[C@H](c2c(P(c3ccccc3)c3ccccc3)ccc3c2CCCC3)C1. The van der Waals surface area contributed by atoms with Crippen molar-refractivity contribution in [3.8, 4) is 0 Å². The molecule has 2 atom stereocenters. The fourth-order valence-electron chi connectivity index (χ4n) is 8.23. The first-order valence-electron chi connectivity index (χ1n) is 21.1. The summed E-state index contributed by atoms with van der Waals surface area (Å²) in [6, 6.07) is 57.0. The van der Waals surface area contributed by atoms with Crippen LogP contribution in [0.4, 0.5) is 0 Å². The number of benzene rings is 6. The van der Waals surface area contributed by atoms with Crippen LogP contribution in [0.15, 0.2) is 158 Å². The Bertz CT molecular complexity index is 1940. The fraction of sp³-hybridized carbons (Fsp3) is 0.308. The van der Waals surface area contributed by atoms with Gasteiger partial charge in [0.15, 0.2) is 0 Å². The van der Waals surface area contributed by atoms with Crippen molar-refractivity contribution in [3.63, 3.8) is 0 Å². The van der Waals surface area contributed by atoms with Crippen LogP contribution in [0, 0.1) is 0 Å². The van der Waals surface area contributed by atoms with Crippen LogP contribution in [-0.2, 0) is 23.8 Å². The second kappa shape index (κ2) is 22.5. The molecule has 0 aromatic heterocycles. The Morgan fingerprint density at radius 2 is 0.945 bits per heavy atom. The molecule has 0 saturated heterocycles. The molecule has 6 aromatic carbocycles. The van der Waals surface area contributed by atoms with Gasteiger partial charge in [0, 0.05) is 22.2 Å². The quantitative estimate of drug-likeness (QED) is 0.148. The van der Waals surface area contributed by atoms with Gasteiger partial charge in [0.2, 0.25) is 0 Å². The van der Waals surface area contributed by atoms with Crippen LogP contribution in [0.3, 0.4) is 0 Å². The van der Waals surface area contributed by atoms with Crippen LogP contribution in [0.1, 0.15) is 108 Å². The highest BCUT2D eigenvalue weighted by molar-refractivity contribution is 7.80. The molecule has 3 heteroatoms. The number of hydrogen-bond acceptors (Lipinski definition) is 1. The molecule has 0 spiro atoms. The molecule has 0 N–H and O–H groups in total. The van der Waals surface area contributed by atoms with Gasteiger partial charge in [-0.1, -0.05) is 213 Å². The third kappa shape index (κ3) is 9.69. The maximum Gasteiger partial charge on any atom is 0.146 e. The first kappa shape index (κ1) is 43.7. The van der Waals surface area contributed by atoms with E-state index in [1.807, 2.05) is 67.5 Å². The third-order valence-corrected chi connectivity index (χ3v) is 16.4. The van der Waals surface area contributed by atoms with Gasteiger partial charge >= 0.3 is 0 Å². The summed E-state index contributed by atoms with van der Waals surface area (Å²) in [6.07, 6.45) is 6.42. The van der Waals surface area contributed by atoms with E-state index in [9.17, 15) is 0 Å². The van der Waals surface area contributed by atoms with Crippen LogP contribution in [0.5, 0.6) is 0 Å². The van der Waals surface area contributed by atoms with Crippen molar-refractivity contribution in [2.75, 3.05) is 0 Å². The van der Waals surface area contributed by atoms with Crippen molar-refractivity contribution in [3.05, 3.63) is 186 Å². The average molecular weight is 767 g/mol. The third-order valence-electron chi connectivity index (χ3n) is 10.4. The molecule has 6 aromatic rings. The second-order valence-corrected chi connectivity index (χ2v) is 18.3. The molecule has 8 rings (SSSR count). The Morgan fingerprint density at radius 3 is 1.47 bits per heavy atom. The smallest absolute Gasteiger partial charge is 0.146 e. The Kier molecular flexibility index (Phi) is 17.9. The van der Waals surface area contributed by atoms with Crippen molar-refractivity contribution in [1.82, 2.24) is 0 Å². The van der Waals surface area contributed by atoms with Gasteiger partial charge in [-0.15, -0.1) is 0 Å². The maximum atomic E-state index is 15.9. The molecule has 1 nitrogen and oxygen atoms in total. The van der Waals surface area contributed by atoms with E-state index in [0.29, 0.717) is 0 Å². The van der Waals surface area contributed by atoms with Crippen LogP contribution in [0.25, 0.3) is 0 Å². The molecular formula is C52H64OP2. The van der Waals surface area contributed by atoms with E-state index in [4.69, 9.17) is 0 Å². The number of rotatable bonds is 7. The number of hydrogen-bond donors (Lipinski definition) is 0. The lowest BCUT2D eigenvalue weighted by Gasteiger charge is -2.40. The molecule has 2 aliphatic rings. The molecule has 0 unspecified atom stereocenters. The first-order valence-corrected chi connectivity index (χ1v) is 24.2. The van der Waals surface area contributed by atoms with Gasteiger partial charge in [0.1, 0.15) is 7.14 Å². The van der Waals surface area contributed by atoms with E-state index in [1.54, 1.807) is 5.56 Å². The molecule has 288 valence electrons. The summed E-state index contributed by atoms with van der Waals surface area (Å²) in [5, 5.41) is 6.17. The van der Waals surface area contributed by atoms with Crippen molar-refractivity contribution in [2.45, 2.75) is 105 Å². The highest BCUT2D eigenvalue weighted by Gasteiger charge is 2.43. The number of aryl methyl sites for hydroxylation is 1. The topological polar surface area (TPSA) is 17.1 Å². The first-order chi connectivity index (χ1) is 27.2. The Hall–Kier alpha value is -4.02. The molecule has 2 aliphatic carbocycles. The highest BCUT2D eigenvalue weighted by Crippen LogP contribution is 2.57. The predicted molar refractivity (Wildman–Crippen MR) is 247 cm³/mol. The lowest BCUT2D eigenvalue weighted by molar-refractivity contribution is 0.550. The second-order valence-electron chi connectivity index (χ2n) is 13.0. The standard InChI is InChI=1S/C44H40OP2.4C2H6/c45-47(37-23-9-3-10-24-37,38-25-11-4-12-26-38)39-31-34-18-14-15-27-40(34)42(32-39)44-41-28-16-13-17-33(41)29-30-43(44)46(35-19-5-1-6-20-35)36-21-7-2-8-22-36;4*1-2/h1-12,14-15,18-27,29-30,39,42H,13,16-17,28,31-32H2;4*1-2H3/t39-,42-;;;;/m1..../s1. The normalized spacial score (nSPS) is 15.4. The summed E-state index contributed by atoms with van der Waals surface area (Å²) >= 11 is 0. The summed E-state index contributed by atoms with van der Waals surface area (Å²) in [5.41, 5.74) is 7.37. The molecule has 0 saturated carbocycles. The minimum atomic E-state index is -2.99. The molecule has 55 heavy (non-hydrogen) atoms. The molecule has 0 fully saturated rings. The summed E-state index contributed by atoms with van der Waals surface area (Å²) in [7, 11) is -3.79. The van der Waals surface area contributed by atoms with E-state index >= 15 is 4.57 Å². The summed E-state index contributed by atoms with van der Waals surface area (Å²) < 4.78 is 15.9. The van der Waals surface area contributed by atoms with Crippen LogP contribution in [0.2, 0.25) is 0 Å². The Morgan fingerprint density at radius 1 is 0.491 bits per heavy atom. The largest absolute Gasteiger partial charge is 0.313 e. The summed E-state index contributed by atoms with van der Waals surface area (Å²) in [6.45, 7) is 16.0. The summed E-state index contributed by atoms with van der Waals surface area (Å²) in [5.74, 6) is 0.172. The van der Waals surface area contributed by atoms with E-state index in [2.05, 4.69) is 146 Å². The van der Waals surface area contributed by atoms with Crippen molar-refractivity contribution < 1.29 is 4.57 Å². The number of fused-ring (bicyclic) bond motifs is 2. The molecule has 0 bridgehead atoms. The molecule has 0 heterocycles. The summed E-state index contributed by atoms with van der Waals surface area (Å²) in [4.78, 5) is 0.